The minimum Gasteiger partial charge on any atom is -0.308 e. The van der Waals surface area contributed by atoms with Crippen molar-refractivity contribution in [1.29, 1.82) is 21.0 Å². The smallest absolute Gasteiger partial charge is 0.303 e. The van der Waals surface area contributed by atoms with Crippen molar-refractivity contribution in [2.45, 2.75) is 0 Å². The highest BCUT2D eigenvalue weighted by atomic mass is 16.5. The van der Waals surface area contributed by atoms with Crippen LogP contribution < -0.4 is 0 Å². The summed E-state index contributed by atoms with van der Waals surface area (Å²) in [6.45, 7) is 0. The molecule has 0 radical (unpaired) electrons. The highest BCUT2D eigenvalue weighted by molar-refractivity contribution is 4.58. The van der Waals surface area contributed by atoms with Crippen LogP contribution in [0, 0.1) is 46.1 Å². The molecule has 0 N–H and O–H groups in total. The summed E-state index contributed by atoms with van der Waals surface area (Å²) in [6, 6.07) is 0. The van der Waals surface area contributed by atoms with Crippen molar-refractivity contribution in [3.63, 3.8) is 0 Å². The van der Waals surface area contributed by atoms with E-state index in [4.69, 9.17) is 21.0 Å². The van der Waals surface area contributed by atoms with Gasteiger partial charge < -0.3 is 9.47 Å². The van der Waals surface area contributed by atoms with Gasteiger partial charge in [-0.3, -0.25) is 0 Å². The number of hydrogen-bond acceptors (Lipinski definition) is 6. The quantitative estimate of drug-likeness (QED) is 0.430. The zero-order valence-corrected chi connectivity index (χ0v) is 4.61. The number of ether oxygens (including phenoxy) is 2. The second-order valence-electron chi connectivity index (χ2n) is 0.569. The lowest BCUT2D eigenvalue weighted by Crippen LogP contribution is -1.55. The Labute approximate surface area is 56.6 Å². The summed E-state index contributed by atoms with van der Waals surface area (Å²) in [6.07, 6.45) is 4.62. The van der Waals surface area contributed by atoms with Gasteiger partial charge in [-0.05, 0) is 0 Å². The van der Waals surface area contributed by atoms with E-state index in [9.17, 15) is 0 Å². The van der Waals surface area contributed by atoms with Gasteiger partial charge in [0.15, 0.2) is 0 Å². The Hall–Kier alpha value is -2.44. The van der Waals surface area contributed by atoms with Crippen LogP contribution in [0.5, 0.6) is 0 Å². The fourth-order valence-corrected chi connectivity index (χ4v) is 0.0408. The lowest BCUT2D eigenvalue weighted by molar-refractivity contribution is 0.455. The SMILES string of the molecule is N#COC#N.N#COC#N. The van der Waals surface area contributed by atoms with Crippen LogP contribution in [0.2, 0.25) is 0 Å². The minimum atomic E-state index is 1.16. The molecule has 0 aliphatic carbocycles. The summed E-state index contributed by atoms with van der Waals surface area (Å²) in [5, 5.41) is 29.5. The van der Waals surface area contributed by atoms with Gasteiger partial charge in [0.1, 0.15) is 0 Å². The number of rotatable bonds is 0. The van der Waals surface area contributed by atoms with Crippen LogP contribution in [0.3, 0.4) is 0 Å². The van der Waals surface area contributed by atoms with Gasteiger partial charge in [0.25, 0.3) is 0 Å². The third-order valence-corrected chi connectivity index (χ3v) is 0.183. The van der Waals surface area contributed by atoms with E-state index in [1.807, 2.05) is 0 Å². The highest BCUT2D eigenvalue weighted by Crippen LogP contribution is 1.51. The van der Waals surface area contributed by atoms with E-state index >= 15 is 0 Å². The first kappa shape index (κ1) is 10.5. The molecule has 0 saturated heterocycles. The first-order chi connectivity index (χ1) is 4.83. The molecule has 0 saturated carbocycles. The van der Waals surface area contributed by atoms with Gasteiger partial charge in [-0.25, -0.2) is 0 Å². The maximum Gasteiger partial charge on any atom is 0.303 e. The van der Waals surface area contributed by atoms with Gasteiger partial charge in [0, 0.05) is 0 Å². The van der Waals surface area contributed by atoms with Gasteiger partial charge in [-0.1, -0.05) is 0 Å². The zero-order chi connectivity index (χ0) is 8.24. The van der Waals surface area contributed by atoms with Crippen LogP contribution in [-0.2, 0) is 9.47 Å². The van der Waals surface area contributed by atoms with Gasteiger partial charge in [-0.2, -0.15) is 0 Å². The topological polar surface area (TPSA) is 114 Å². The molecule has 0 aromatic carbocycles. The largest absolute Gasteiger partial charge is 0.308 e. The highest BCUT2D eigenvalue weighted by Gasteiger charge is 1.57. The molecule has 48 valence electrons. The third-order valence-electron chi connectivity index (χ3n) is 0.183. The molecule has 0 rings (SSSR count). The third kappa shape index (κ3) is 47.5. The lowest BCUT2D eigenvalue weighted by atomic mass is 11.4. The fourth-order valence-electron chi connectivity index (χ4n) is 0.0408. The monoisotopic (exact) mass is 136 g/mol. The summed E-state index contributed by atoms with van der Waals surface area (Å²) in [4.78, 5) is 0. The van der Waals surface area contributed by atoms with Crippen molar-refractivity contribution >= 4 is 0 Å². The van der Waals surface area contributed by atoms with Gasteiger partial charge in [0.05, 0.1) is 0 Å². The summed E-state index contributed by atoms with van der Waals surface area (Å²) in [5.41, 5.74) is 0. The Kier molecular flexibility index (Phi) is 16.8. The standard InChI is InChI=1S/2C2N2O/c2*3-1-5-2-4. The Morgan fingerprint density at radius 2 is 0.800 bits per heavy atom. The van der Waals surface area contributed by atoms with Crippen molar-refractivity contribution in [2.24, 2.45) is 0 Å². The molecule has 10 heavy (non-hydrogen) atoms. The van der Waals surface area contributed by atoms with Crippen LogP contribution in [0.15, 0.2) is 0 Å². The molecule has 6 heteroatoms. The number of nitrogens with zero attached hydrogens (tertiary/aromatic N) is 4. The second-order valence-corrected chi connectivity index (χ2v) is 0.569. The molecule has 0 aromatic rings. The Morgan fingerprint density at radius 3 is 0.800 bits per heavy atom. The van der Waals surface area contributed by atoms with Crippen LogP contribution in [0.1, 0.15) is 0 Å². The van der Waals surface area contributed by atoms with Gasteiger partial charge in [-0.15, -0.1) is 21.0 Å². The molecule has 0 aliphatic heterocycles. The summed E-state index contributed by atoms with van der Waals surface area (Å²) in [7, 11) is 0. The molecule has 0 spiro atoms. The molecular weight excluding hydrogens is 136 g/mol. The van der Waals surface area contributed by atoms with E-state index < -0.39 is 0 Å². The Morgan fingerprint density at radius 1 is 0.600 bits per heavy atom. The van der Waals surface area contributed by atoms with E-state index in [0.29, 0.717) is 0 Å². The predicted molar refractivity (Wildman–Crippen MR) is 24.6 cm³/mol. The van der Waals surface area contributed by atoms with Crippen molar-refractivity contribution in [3.05, 3.63) is 0 Å². The Bertz CT molecular complexity index is 172. The molecule has 6 nitrogen and oxygen atoms in total. The predicted octanol–water partition coefficient (Wildman–Crippen LogP) is -0.0697. The van der Waals surface area contributed by atoms with Crippen LogP contribution in [0.25, 0.3) is 0 Å². The molecule has 0 amide bonds. The molecular formula is C4N4O2. The average molecular weight is 136 g/mol. The maximum absolute atomic E-state index is 7.37. The zero-order valence-electron chi connectivity index (χ0n) is 4.61. The van der Waals surface area contributed by atoms with E-state index in [0.717, 1.165) is 25.0 Å². The van der Waals surface area contributed by atoms with Crippen LogP contribution >= 0.6 is 0 Å². The molecule has 0 unspecified atom stereocenters. The lowest BCUT2D eigenvalue weighted by Gasteiger charge is -1.55. The summed E-state index contributed by atoms with van der Waals surface area (Å²) < 4.78 is 6.89. The van der Waals surface area contributed by atoms with Crippen molar-refractivity contribution in [1.82, 2.24) is 0 Å². The fraction of sp³-hybridized carbons (Fsp3) is 0. The molecule has 0 heterocycles. The summed E-state index contributed by atoms with van der Waals surface area (Å²) >= 11 is 0. The van der Waals surface area contributed by atoms with Crippen LogP contribution in [-0.4, -0.2) is 0 Å². The van der Waals surface area contributed by atoms with Crippen molar-refractivity contribution < 1.29 is 9.47 Å². The van der Waals surface area contributed by atoms with Crippen molar-refractivity contribution in [3.8, 4) is 25.0 Å². The normalized spacial score (nSPS) is 3.60. The maximum atomic E-state index is 7.37. The Balaban J connectivity index is 0. The molecule has 0 aliphatic rings. The number of nitriles is 4. The molecule has 0 fully saturated rings. The van der Waals surface area contributed by atoms with E-state index in [-0.39, 0.29) is 0 Å². The minimum absolute atomic E-state index is 1.16. The van der Waals surface area contributed by atoms with E-state index in [2.05, 4.69) is 9.47 Å². The van der Waals surface area contributed by atoms with E-state index in [1.165, 1.54) is 0 Å². The first-order valence-electron chi connectivity index (χ1n) is 1.71. The molecule has 0 bridgehead atoms. The number of hydrogen-bond donors (Lipinski definition) is 0. The summed E-state index contributed by atoms with van der Waals surface area (Å²) in [5.74, 6) is 0. The van der Waals surface area contributed by atoms with Crippen LogP contribution in [0.4, 0.5) is 0 Å². The second kappa shape index (κ2) is 16.0. The average Bonchev–Trinajstić information content (AvgIpc) is 1.93. The van der Waals surface area contributed by atoms with Gasteiger partial charge >= 0.3 is 25.0 Å². The molecule has 0 aromatic heterocycles. The van der Waals surface area contributed by atoms with Crippen molar-refractivity contribution in [2.75, 3.05) is 0 Å². The molecule has 0 atom stereocenters. The van der Waals surface area contributed by atoms with E-state index in [1.54, 1.807) is 0 Å². The van der Waals surface area contributed by atoms with Gasteiger partial charge in [0.2, 0.25) is 0 Å². The first-order valence-corrected chi connectivity index (χ1v) is 1.71.